The third-order valence-electron chi connectivity index (χ3n) is 4.52. The Morgan fingerprint density at radius 2 is 1.93 bits per heavy atom. The standard InChI is InChI=1S/C21H23ClN2O3/c1-3-4-5-12-24-18-13-17(10-11-19(18)27-14(2)21(24)26)23-20(25)15-6-8-16(22)9-7-15/h6-11,13-14H,3-5,12H2,1-2H3,(H,23,25). The molecule has 0 bridgehead atoms. The van der Waals surface area contributed by atoms with E-state index in [1.165, 1.54) is 0 Å². The molecule has 1 heterocycles. The van der Waals surface area contributed by atoms with Gasteiger partial charge in [0.15, 0.2) is 6.10 Å². The fraction of sp³-hybridized carbons (Fsp3) is 0.333. The lowest BCUT2D eigenvalue weighted by molar-refractivity contribution is -0.125. The second-order valence-electron chi connectivity index (χ2n) is 6.60. The number of benzene rings is 2. The number of carbonyl (C=O) groups is 2. The van der Waals surface area contributed by atoms with Crippen LogP contribution in [0.5, 0.6) is 5.75 Å². The summed E-state index contributed by atoms with van der Waals surface area (Å²) in [6.45, 7) is 4.53. The summed E-state index contributed by atoms with van der Waals surface area (Å²) < 4.78 is 5.72. The Labute approximate surface area is 164 Å². The van der Waals surface area contributed by atoms with Crippen LogP contribution >= 0.6 is 11.6 Å². The lowest BCUT2D eigenvalue weighted by atomic mass is 10.1. The quantitative estimate of drug-likeness (QED) is 0.718. The first-order valence-electron chi connectivity index (χ1n) is 9.18. The summed E-state index contributed by atoms with van der Waals surface area (Å²) in [7, 11) is 0. The average Bonchev–Trinajstić information content (AvgIpc) is 2.66. The second kappa shape index (κ2) is 8.44. The van der Waals surface area contributed by atoms with Crippen molar-refractivity contribution in [2.45, 2.75) is 39.2 Å². The van der Waals surface area contributed by atoms with Gasteiger partial charge in [-0.05, 0) is 55.8 Å². The third kappa shape index (κ3) is 4.42. The molecule has 2 amide bonds. The largest absolute Gasteiger partial charge is 0.479 e. The zero-order valence-corrected chi connectivity index (χ0v) is 16.3. The summed E-state index contributed by atoms with van der Waals surface area (Å²) in [5, 5.41) is 3.44. The summed E-state index contributed by atoms with van der Waals surface area (Å²) >= 11 is 5.87. The van der Waals surface area contributed by atoms with Crippen molar-refractivity contribution in [2.24, 2.45) is 0 Å². The Morgan fingerprint density at radius 1 is 1.19 bits per heavy atom. The van der Waals surface area contributed by atoms with Crippen molar-refractivity contribution >= 4 is 34.8 Å². The molecule has 0 saturated carbocycles. The van der Waals surface area contributed by atoms with Gasteiger partial charge < -0.3 is 15.0 Å². The third-order valence-corrected chi connectivity index (χ3v) is 4.77. The summed E-state index contributed by atoms with van der Waals surface area (Å²) in [5.74, 6) is 0.364. The summed E-state index contributed by atoms with van der Waals surface area (Å²) in [5.41, 5.74) is 1.82. The first kappa shape index (κ1) is 19.2. The summed E-state index contributed by atoms with van der Waals surface area (Å²) in [4.78, 5) is 26.8. The van der Waals surface area contributed by atoms with E-state index >= 15 is 0 Å². The van der Waals surface area contributed by atoms with Gasteiger partial charge in [-0.15, -0.1) is 0 Å². The van der Waals surface area contributed by atoms with Crippen LogP contribution in [-0.4, -0.2) is 24.5 Å². The van der Waals surface area contributed by atoms with Crippen molar-refractivity contribution < 1.29 is 14.3 Å². The molecular weight excluding hydrogens is 364 g/mol. The van der Waals surface area contributed by atoms with Crippen LogP contribution in [-0.2, 0) is 4.79 Å². The van der Waals surface area contributed by atoms with Gasteiger partial charge in [0, 0.05) is 22.8 Å². The molecule has 142 valence electrons. The fourth-order valence-corrected chi connectivity index (χ4v) is 3.17. The van der Waals surface area contributed by atoms with E-state index in [0.717, 1.165) is 19.3 Å². The molecule has 0 spiro atoms. The highest BCUT2D eigenvalue weighted by molar-refractivity contribution is 6.30. The number of fused-ring (bicyclic) bond motifs is 1. The molecule has 3 rings (SSSR count). The molecule has 0 radical (unpaired) electrons. The fourth-order valence-electron chi connectivity index (χ4n) is 3.04. The maximum atomic E-state index is 12.6. The van der Waals surface area contributed by atoms with E-state index in [4.69, 9.17) is 16.3 Å². The van der Waals surface area contributed by atoms with Crippen molar-refractivity contribution in [1.29, 1.82) is 0 Å². The van der Waals surface area contributed by atoms with Crippen LogP contribution in [0.3, 0.4) is 0 Å². The first-order valence-corrected chi connectivity index (χ1v) is 9.56. The molecule has 0 saturated heterocycles. The van der Waals surface area contributed by atoms with E-state index in [9.17, 15) is 9.59 Å². The van der Waals surface area contributed by atoms with Gasteiger partial charge in [-0.3, -0.25) is 9.59 Å². The van der Waals surface area contributed by atoms with E-state index in [1.54, 1.807) is 54.3 Å². The van der Waals surface area contributed by atoms with Crippen LogP contribution in [0.25, 0.3) is 0 Å². The molecule has 1 aliphatic heterocycles. The Kier molecular flexibility index (Phi) is 6.01. The van der Waals surface area contributed by atoms with Gasteiger partial charge in [-0.1, -0.05) is 31.4 Å². The highest BCUT2D eigenvalue weighted by Gasteiger charge is 2.31. The molecule has 2 aromatic rings. The summed E-state index contributed by atoms with van der Waals surface area (Å²) in [6.07, 6.45) is 2.56. The van der Waals surface area contributed by atoms with E-state index < -0.39 is 6.10 Å². The van der Waals surface area contributed by atoms with Crippen molar-refractivity contribution in [3.05, 3.63) is 53.1 Å². The number of hydrogen-bond donors (Lipinski definition) is 1. The van der Waals surface area contributed by atoms with Crippen molar-refractivity contribution in [3.63, 3.8) is 0 Å². The van der Waals surface area contributed by atoms with Gasteiger partial charge in [0.25, 0.3) is 11.8 Å². The molecule has 6 heteroatoms. The minimum absolute atomic E-state index is 0.0558. The predicted molar refractivity (Wildman–Crippen MR) is 108 cm³/mol. The van der Waals surface area contributed by atoms with Crippen LogP contribution in [0, 0.1) is 0 Å². The smallest absolute Gasteiger partial charge is 0.267 e. The summed E-state index contributed by atoms with van der Waals surface area (Å²) in [6, 6.07) is 12.0. The first-order chi connectivity index (χ1) is 13.0. The van der Waals surface area contributed by atoms with Gasteiger partial charge >= 0.3 is 0 Å². The van der Waals surface area contributed by atoms with Crippen LogP contribution in [0.2, 0.25) is 5.02 Å². The second-order valence-corrected chi connectivity index (χ2v) is 7.04. The highest BCUT2D eigenvalue weighted by Crippen LogP contribution is 2.36. The van der Waals surface area contributed by atoms with Gasteiger partial charge in [0.05, 0.1) is 5.69 Å². The van der Waals surface area contributed by atoms with E-state index in [1.807, 2.05) is 0 Å². The number of rotatable bonds is 6. The molecule has 27 heavy (non-hydrogen) atoms. The molecule has 1 N–H and O–H groups in total. The zero-order valence-electron chi connectivity index (χ0n) is 15.5. The SMILES string of the molecule is CCCCCN1C(=O)C(C)Oc2ccc(NC(=O)c3ccc(Cl)cc3)cc21. The number of hydrogen-bond acceptors (Lipinski definition) is 3. The van der Waals surface area contributed by atoms with Gasteiger partial charge in [-0.25, -0.2) is 0 Å². The van der Waals surface area contributed by atoms with E-state index in [0.29, 0.717) is 34.3 Å². The van der Waals surface area contributed by atoms with Crippen LogP contribution < -0.4 is 15.0 Å². The molecule has 1 unspecified atom stereocenters. The molecule has 1 atom stereocenters. The van der Waals surface area contributed by atoms with Crippen molar-refractivity contribution in [3.8, 4) is 5.75 Å². The van der Waals surface area contributed by atoms with Crippen LogP contribution in [0.15, 0.2) is 42.5 Å². The number of ether oxygens (including phenoxy) is 1. The van der Waals surface area contributed by atoms with E-state index in [-0.39, 0.29) is 11.8 Å². The minimum atomic E-state index is -0.506. The maximum Gasteiger partial charge on any atom is 0.267 e. The number of carbonyl (C=O) groups excluding carboxylic acids is 2. The average molecular weight is 387 g/mol. The molecule has 2 aromatic carbocycles. The Hall–Kier alpha value is -2.53. The number of unbranched alkanes of at least 4 members (excludes halogenated alkanes) is 2. The Bertz CT molecular complexity index is 836. The molecular formula is C21H23ClN2O3. The monoisotopic (exact) mass is 386 g/mol. The normalized spacial score (nSPS) is 15.9. The number of nitrogens with one attached hydrogen (secondary N) is 1. The molecule has 0 aromatic heterocycles. The zero-order chi connectivity index (χ0) is 19.4. The van der Waals surface area contributed by atoms with E-state index in [2.05, 4.69) is 12.2 Å². The Morgan fingerprint density at radius 3 is 2.63 bits per heavy atom. The number of amides is 2. The predicted octanol–water partition coefficient (Wildman–Crippen LogP) is 4.90. The van der Waals surface area contributed by atoms with Gasteiger partial charge in [-0.2, -0.15) is 0 Å². The minimum Gasteiger partial charge on any atom is -0.479 e. The van der Waals surface area contributed by atoms with Gasteiger partial charge in [0.2, 0.25) is 0 Å². The van der Waals surface area contributed by atoms with Crippen molar-refractivity contribution in [1.82, 2.24) is 0 Å². The number of nitrogens with zero attached hydrogens (tertiary/aromatic N) is 1. The topological polar surface area (TPSA) is 58.6 Å². The van der Waals surface area contributed by atoms with Crippen LogP contribution in [0.1, 0.15) is 43.5 Å². The number of anilines is 2. The molecule has 5 nitrogen and oxygen atoms in total. The van der Waals surface area contributed by atoms with Crippen LogP contribution in [0.4, 0.5) is 11.4 Å². The number of halogens is 1. The maximum absolute atomic E-state index is 12.6. The molecule has 1 aliphatic rings. The van der Waals surface area contributed by atoms with Gasteiger partial charge in [0.1, 0.15) is 5.75 Å². The lowest BCUT2D eigenvalue weighted by Crippen LogP contribution is -2.44. The molecule has 0 fully saturated rings. The lowest BCUT2D eigenvalue weighted by Gasteiger charge is -2.33. The Balaban J connectivity index is 1.82. The molecule has 0 aliphatic carbocycles. The van der Waals surface area contributed by atoms with Crippen molar-refractivity contribution in [2.75, 3.05) is 16.8 Å². The highest BCUT2D eigenvalue weighted by atomic mass is 35.5.